The van der Waals surface area contributed by atoms with E-state index in [0.29, 0.717) is 5.78 Å². The molecule has 0 saturated heterocycles. The molecule has 0 spiro atoms. The smallest absolute Gasteiger partial charge is 0.159 e. The summed E-state index contributed by atoms with van der Waals surface area (Å²) < 4.78 is 0. The summed E-state index contributed by atoms with van der Waals surface area (Å²) in [5.41, 5.74) is 2.76. The van der Waals surface area contributed by atoms with Crippen LogP contribution in [0.25, 0.3) is 0 Å². The molecular weight excluding hydrogens is 196 g/mol. The van der Waals surface area contributed by atoms with E-state index in [1.54, 1.807) is 0 Å². The normalized spacial score (nSPS) is 24.9. The second-order valence-electron chi connectivity index (χ2n) is 5.33. The van der Waals surface area contributed by atoms with Crippen molar-refractivity contribution < 1.29 is 4.79 Å². The minimum Gasteiger partial charge on any atom is -0.295 e. The van der Waals surface area contributed by atoms with Gasteiger partial charge in [-0.05, 0) is 37.7 Å². The lowest BCUT2D eigenvalue weighted by Gasteiger charge is -2.09. The van der Waals surface area contributed by atoms with Gasteiger partial charge in [-0.15, -0.1) is 0 Å². The van der Waals surface area contributed by atoms with E-state index in [-0.39, 0.29) is 0 Å². The minimum atomic E-state index is 0.465. The number of carbonyl (C=O) groups is 1. The SMILES string of the molecule is O=C1CCC2=C1CCCCCCCCCC2. The molecule has 0 bridgehead atoms. The molecule has 0 unspecified atom stereocenters. The Labute approximate surface area is 99.3 Å². The summed E-state index contributed by atoms with van der Waals surface area (Å²) in [4.78, 5) is 11.8. The van der Waals surface area contributed by atoms with Crippen LogP contribution < -0.4 is 0 Å². The van der Waals surface area contributed by atoms with Crippen molar-refractivity contribution in [3.8, 4) is 0 Å². The largest absolute Gasteiger partial charge is 0.295 e. The molecule has 0 aliphatic heterocycles. The van der Waals surface area contributed by atoms with E-state index in [4.69, 9.17) is 0 Å². The number of hydrogen-bond acceptors (Lipinski definition) is 1. The molecule has 1 heteroatoms. The second kappa shape index (κ2) is 6.22. The highest BCUT2D eigenvalue weighted by atomic mass is 16.1. The molecule has 0 aromatic rings. The number of allylic oxidation sites excluding steroid dienone is 2. The summed E-state index contributed by atoms with van der Waals surface area (Å²) in [6.45, 7) is 0. The van der Waals surface area contributed by atoms with Gasteiger partial charge in [0.1, 0.15) is 0 Å². The van der Waals surface area contributed by atoms with Crippen LogP contribution in [0.1, 0.15) is 77.0 Å². The molecule has 2 aliphatic rings. The summed E-state index contributed by atoms with van der Waals surface area (Å²) in [5.74, 6) is 0.465. The quantitative estimate of drug-likeness (QED) is 0.585. The topological polar surface area (TPSA) is 17.1 Å². The fourth-order valence-electron chi connectivity index (χ4n) is 3.06. The van der Waals surface area contributed by atoms with Crippen molar-refractivity contribution in [3.63, 3.8) is 0 Å². The Bertz CT molecular complexity index is 275. The van der Waals surface area contributed by atoms with Crippen LogP contribution in [0.3, 0.4) is 0 Å². The standard InChI is InChI=1S/C15H24O/c16-15-12-11-13-9-7-5-3-1-2-4-6-8-10-14(13)15/h1-12H2. The third-order valence-corrected chi connectivity index (χ3v) is 4.07. The van der Waals surface area contributed by atoms with E-state index in [9.17, 15) is 4.79 Å². The van der Waals surface area contributed by atoms with Crippen molar-refractivity contribution >= 4 is 5.78 Å². The zero-order valence-electron chi connectivity index (χ0n) is 10.4. The van der Waals surface area contributed by atoms with Crippen molar-refractivity contribution in [1.29, 1.82) is 0 Å². The Morgan fingerprint density at radius 1 is 0.562 bits per heavy atom. The fourth-order valence-corrected chi connectivity index (χ4v) is 3.06. The van der Waals surface area contributed by atoms with E-state index in [2.05, 4.69) is 0 Å². The van der Waals surface area contributed by atoms with Crippen molar-refractivity contribution in [2.24, 2.45) is 0 Å². The van der Waals surface area contributed by atoms with Crippen LogP contribution in [-0.4, -0.2) is 5.78 Å². The first-order valence-corrected chi connectivity index (χ1v) is 7.12. The van der Waals surface area contributed by atoms with Crippen LogP contribution in [0.15, 0.2) is 11.1 Å². The lowest BCUT2D eigenvalue weighted by molar-refractivity contribution is -0.115. The molecule has 2 rings (SSSR count). The van der Waals surface area contributed by atoms with Gasteiger partial charge in [0.05, 0.1) is 0 Å². The average molecular weight is 220 g/mol. The molecule has 0 atom stereocenters. The van der Waals surface area contributed by atoms with Gasteiger partial charge < -0.3 is 0 Å². The highest BCUT2D eigenvalue weighted by Crippen LogP contribution is 2.31. The molecule has 1 nitrogen and oxygen atoms in total. The Balaban J connectivity index is 1.96. The predicted octanol–water partition coefficient (Wildman–Crippen LogP) is 4.56. The number of Topliss-reactive ketones (excluding diaryl/α,β-unsaturated/α-hetero) is 1. The summed E-state index contributed by atoms with van der Waals surface area (Å²) in [5, 5.41) is 0. The second-order valence-corrected chi connectivity index (χ2v) is 5.33. The van der Waals surface area contributed by atoms with Gasteiger partial charge in [0.2, 0.25) is 0 Å². The Morgan fingerprint density at radius 2 is 1.12 bits per heavy atom. The Kier molecular flexibility index (Phi) is 4.62. The molecule has 0 heterocycles. The summed E-state index contributed by atoms with van der Waals surface area (Å²) in [7, 11) is 0. The fraction of sp³-hybridized carbons (Fsp3) is 0.800. The molecule has 0 amide bonds. The number of rotatable bonds is 0. The van der Waals surface area contributed by atoms with Crippen LogP contribution >= 0.6 is 0 Å². The molecular formula is C15H24O. The highest BCUT2D eigenvalue weighted by Gasteiger charge is 2.21. The van der Waals surface area contributed by atoms with E-state index in [1.165, 1.54) is 68.9 Å². The van der Waals surface area contributed by atoms with Gasteiger partial charge >= 0.3 is 0 Å². The molecule has 90 valence electrons. The lowest BCUT2D eigenvalue weighted by Crippen LogP contribution is -1.97. The maximum atomic E-state index is 11.8. The van der Waals surface area contributed by atoms with Crippen molar-refractivity contribution in [2.75, 3.05) is 0 Å². The van der Waals surface area contributed by atoms with Crippen molar-refractivity contribution in [3.05, 3.63) is 11.1 Å². The number of carbonyl (C=O) groups excluding carboxylic acids is 1. The first-order valence-electron chi connectivity index (χ1n) is 7.12. The average Bonchev–Trinajstić information content (AvgIpc) is 2.60. The monoisotopic (exact) mass is 220 g/mol. The van der Waals surface area contributed by atoms with Gasteiger partial charge in [-0.3, -0.25) is 4.79 Å². The van der Waals surface area contributed by atoms with Gasteiger partial charge in [-0.25, -0.2) is 0 Å². The zero-order valence-corrected chi connectivity index (χ0v) is 10.4. The molecule has 0 aromatic heterocycles. The lowest BCUT2D eigenvalue weighted by atomic mass is 9.96. The minimum absolute atomic E-state index is 0.465. The molecule has 0 aromatic carbocycles. The zero-order chi connectivity index (χ0) is 11.2. The first kappa shape index (κ1) is 11.9. The van der Waals surface area contributed by atoms with Gasteiger partial charge in [-0.2, -0.15) is 0 Å². The van der Waals surface area contributed by atoms with E-state index in [1.807, 2.05) is 0 Å². The molecule has 0 radical (unpaired) electrons. The highest BCUT2D eigenvalue weighted by molar-refractivity contribution is 5.98. The van der Waals surface area contributed by atoms with Crippen LogP contribution in [0.2, 0.25) is 0 Å². The predicted molar refractivity (Wildman–Crippen MR) is 67.4 cm³/mol. The van der Waals surface area contributed by atoms with Gasteiger partial charge in [-0.1, -0.05) is 44.1 Å². The van der Waals surface area contributed by atoms with Crippen LogP contribution in [0.5, 0.6) is 0 Å². The molecule has 2 aliphatic carbocycles. The molecule has 16 heavy (non-hydrogen) atoms. The number of ketones is 1. The van der Waals surface area contributed by atoms with Gasteiger partial charge in [0.25, 0.3) is 0 Å². The molecule has 0 N–H and O–H groups in total. The Hall–Kier alpha value is -0.590. The Morgan fingerprint density at radius 3 is 1.81 bits per heavy atom. The van der Waals surface area contributed by atoms with E-state index >= 15 is 0 Å². The molecule has 0 fully saturated rings. The third-order valence-electron chi connectivity index (χ3n) is 4.07. The van der Waals surface area contributed by atoms with Crippen molar-refractivity contribution in [1.82, 2.24) is 0 Å². The van der Waals surface area contributed by atoms with E-state index in [0.717, 1.165) is 19.3 Å². The maximum absolute atomic E-state index is 11.8. The number of hydrogen-bond donors (Lipinski definition) is 0. The van der Waals surface area contributed by atoms with Crippen LogP contribution in [0, 0.1) is 0 Å². The summed E-state index contributed by atoms with van der Waals surface area (Å²) >= 11 is 0. The van der Waals surface area contributed by atoms with Gasteiger partial charge in [0, 0.05) is 6.42 Å². The van der Waals surface area contributed by atoms with Crippen LogP contribution in [0.4, 0.5) is 0 Å². The van der Waals surface area contributed by atoms with Crippen molar-refractivity contribution in [2.45, 2.75) is 77.0 Å². The maximum Gasteiger partial charge on any atom is 0.159 e. The summed E-state index contributed by atoms with van der Waals surface area (Å²) in [6, 6.07) is 0. The first-order chi connectivity index (χ1) is 7.88. The van der Waals surface area contributed by atoms with Crippen LogP contribution in [-0.2, 0) is 4.79 Å². The van der Waals surface area contributed by atoms with Gasteiger partial charge in [0.15, 0.2) is 5.78 Å². The third kappa shape index (κ3) is 3.20. The summed E-state index contributed by atoms with van der Waals surface area (Å²) in [6.07, 6.45) is 15.0. The van der Waals surface area contributed by atoms with E-state index < -0.39 is 0 Å². The molecule has 0 saturated carbocycles.